The van der Waals surface area contributed by atoms with Crippen LogP contribution in [0.4, 0.5) is 13.2 Å². The third-order valence-electron chi connectivity index (χ3n) is 4.85. The molecule has 158 valence electrons. The van der Waals surface area contributed by atoms with Gasteiger partial charge in [-0.15, -0.1) is 0 Å². The molecular weight excluding hydrogens is 401 g/mol. The second-order valence-electron chi connectivity index (χ2n) is 6.80. The van der Waals surface area contributed by atoms with E-state index in [2.05, 4.69) is 4.74 Å². The lowest BCUT2D eigenvalue weighted by molar-refractivity contribution is -0.140. The summed E-state index contributed by atoms with van der Waals surface area (Å²) in [5.74, 6) is -0.175. The van der Waals surface area contributed by atoms with Crippen LogP contribution < -0.4 is 10.4 Å². The molecule has 0 spiro atoms. The Hall–Kier alpha value is -3.29. The fourth-order valence-electron chi connectivity index (χ4n) is 3.15. The predicted octanol–water partition coefficient (Wildman–Crippen LogP) is 4.72. The standard InChI is InChI=1S/C22H19F3O5/c1-12-16-7-8-18(29-11-14-5-4-6-15(9-14)22(23,24)25)13(2)20(16)30-21(27)17(12)10-19(26)28-3/h4-9H,10-11H2,1-3H3. The Morgan fingerprint density at radius 1 is 1.10 bits per heavy atom. The van der Waals surface area contributed by atoms with Crippen molar-refractivity contribution in [2.75, 3.05) is 7.11 Å². The normalized spacial score (nSPS) is 11.5. The average molecular weight is 420 g/mol. The first-order valence-electron chi connectivity index (χ1n) is 9.03. The zero-order chi connectivity index (χ0) is 22.1. The van der Waals surface area contributed by atoms with Gasteiger partial charge in [0.1, 0.15) is 17.9 Å². The summed E-state index contributed by atoms with van der Waals surface area (Å²) in [6.07, 6.45) is -4.63. The number of rotatable bonds is 5. The Balaban J connectivity index is 1.92. The largest absolute Gasteiger partial charge is 0.488 e. The fourth-order valence-corrected chi connectivity index (χ4v) is 3.15. The van der Waals surface area contributed by atoms with E-state index in [1.165, 1.54) is 19.2 Å². The molecule has 0 saturated carbocycles. The number of alkyl halides is 3. The van der Waals surface area contributed by atoms with Crippen LogP contribution in [0.15, 0.2) is 45.6 Å². The van der Waals surface area contributed by atoms with Crippen molar-refractivity contribution in [1.82, 2.24) is 0 Å². The second kappa shape index (κ2) is 8.22. The monoisotopic (exact) mass is 420 g/mol. The molecule has 0 fully saturated rings. The van der Waals surface area contributed by atoms with Crippen LogP contribution in [0.5, 0.6) is 5.75 Å². The van der Waals surface area contributed by atoms with Gasteiger partial charge >= 0.3 is 17.8 Å². The summed E-state index contributed by atoms with van der Waals surface area (Å²) < 4.78 is 54.3. The van der Waals surface area contributed by atoms with Gasteiger partial charge in [-0.25, -0.2) is 4.79 Å². The smallest absolute Gasteiger partial charge is 0.416 e. The number of aryl methyl sites for hydroxylation is 2. The van der Waals surface area contributed by atoms with E-state index < -0.39 is 23.3 Å². The highest BCUT2D eigenvalue weighted by Gasteiger charge is 2.30. The number of hydrogen-bond acceptors (Lipinski definition) is 5. The van der Waals surface area contributed by atoms with Crippen molar-refractivity contribution in [3.63, 3.8) is 0 Å². The molecule has 0 aliphatic heterocycles. The van der Waals surface area contributed by atoms with Gasteiger partial charge < -0.3 is 13.9 Å². The van der Waals surface area contributed by atoms with Crippen molar-refractivity contribution >= 4 is 16.9 Å². The first-order chi connectivity index (χ1) is 14.1. The molecule has 1 aromatic heterocycles. The zero-order valence-electron chi connectivity index (χ0n) is 16.6. The van der Waals surface area contributed by atoms with Gasteiger partial charge in [-0.05, 0) is 49.2 Å². The summed E-state index contributed by atoms with van der Waals surface area (Å²) in [5.41, 5.74) is 0.597. The Morgan fingerprint density at radius 3 is 2.50 bits per heavy atom. The molecule has 0 unspecified atom stereocenters. The highest BCUT2D eigenvalue weighted by atomic mass is 19.4. The van der Waals surface area contributed by atoms with Gasteiger partial charge in [0.15, 0.2) is 0 Å². The van der Waals surface area contributed by atoms with E-state index in [9.17, 15) is 22.8 Å². The maximum Gasteiger partial charge on any atom is 0.416 e. The summed E-state index contributed by atoms with van der Waals surface area (Å²) in [4.78, 5) is 23.9. The number of ether oxygens (including phenoxy) is 2. The lowest BCUT2D eigenvalue weighted by atomic mass is 10.0. The SMILES string of the molecule is COC(=O)Cc1c(C)c2ccc(OCc3cccc(C(F)(F)F)c3)c(C)c2oc1=O. The predicted molar refractivity (Wildman–Crippen MR) is 103 cm³/mol. The number of carbonyl (C=O) groups is 1. The maximum atomic E-state index is 12.9. The van der Waals surface area contributed by atoms with Gasteiger partial charge in [0, 0.05) is 10.9 Å². The van der Waals surface area contributed by atoms with E-state index in [0.29, 0.717) is 33.4 Å². The van der Waals surface area contributed by atoms with E-state index in [4.69, 9.17) is 9.15 Å². The zero-order valence-corrected chi connectivity index (χ0v) is 16.6. The summed E-state index contributed by atoms with van der Waals surface area (Å²) in [5, 5.41) is 0.637. The number of methoxy groups -OCH3 is 1. The van der Waals surface area contributed by atoms with Gasteiger partial charge in [0.05, 0.1) is 24.7 Å². The molecule has 0 saturated heterocycles. The van der Waals surface area contributed by atoms with Crippen LogP contribution in [0.3, 0.4) is 0 Å². The quantitative estimate of drug-likeness (QED) is 0.441. The molecule has 0 bridgehead atoms. The maximum absolute atomic E-state index is 12.9. The molecule has 2 aromatic carbocycles. The van der Waals surface area contributed by atoms with Gasteiger partial charge in [-0.2, -0.15) is 13.2 Å². The average Bonchev–Trinajstić information content (AvgIpc) is 2.70. The molecule has 0 atom stereocenters. The van der Waals surface area contributed by atoms with Crippen LogP contribution in [0, 0.1) is 13.8 Å². The molecule has 0 amide bonds. The Kier molecular flexibility index (Phi) is 5.87. The first-order valence-corrected chi connectivity index (χ1v) is 9.03. The van der Waals surface area contributed by atoms with Crippen molar-refractivity contribution < 1.29 is 31.9 Å². The van der Waals surface area contributed by atoms with Gasteiger partial charge in [0.25, 0.3) is 0 Å². The lowest BCUT2D eigenvalue weighted by Gasteiger charge is -2.14. The Labute approximate surface area is 170 Å². The Morgan fingerprint density at radius 2 is 1.83 bits per heavy atom. The minimum Gasteiger partial charge on any atom is -0.488 e. The molecule has 30 heavy (non-hydrogen) atoms. The lowest BCUT2D eigenvalue weighted by Crippen LogP contribution is -2.16. The molecule has 3 rings (SSSR count). The van der Waals surface area contributed by atoms with Crippen LogP contribution in [0.25, 0.3) is 11.0 Å². The molecule has 0 aliphatic carbocycles. The van der Waals surface area contributed by atoms with Gasteiger partial charge in [0.2, 0.25) is 0 Å². The van der Waals surface area contributed by atoms with Crippen LogP contribution in [0.2, 0.25) is 0 Å². The highest BCUT2D eigenvalue weighted by Crippen LogP contribution is 2.32. The molecule has 8 heteroatoms. The van der Waals surface area contributed by atoms with E-state index in [0.717, 1.165) is 12.1 Å². The first kappa shape index (κ1) is 21.4. The van der Waals surface area contributed by atoms with E-state index in [1.807, 2.05) is 0 Å². The van der Waals surface area contributed by atoms with Crippen molar-refractivity contribution in [3.05, 3.63) is 74.6 Å². The van der Waals surface area contributed by atoms with Gasteiger partial charge in [-0.1, -0.05) is 12.1 Å². The summed E-state index contributed by atoms with van der Waals surface area (Å²) in [6, 6.07) is 8.21. The molecule has 0 radical (unpaired) electrons. The number of carbonyl (C=O) groups excluding carboxylic acids is 1. The second-order valence-corrected chi connectivity index (χ2v) is 6.80. The molecule has 0 N–H and O–H groups in total. The van der Waals surface area contributed by atoms with Crippen LogP contribution in [-0.4, -0.2) is 13.1 Å². The molecule has 5 nitrogen and oxygen atoms in total. The van der Waals surface area contributed by atoms with E-state index in [1.54, 1.807) is 26.0 Å². The van der Waals surface area contributed by atoms with Crippen LogP contribution in [-0.2, 0) is 28.7 Å². The van der Waals surface area contributed by atoms with Crippen LogP contribution >= 0.6 is 0 Å². The summed E-state index contributed by atoms with van der Waals surface area (Å²) >= 11 is 0. The van der Waals surface area contributed by atoms with Gasteiger partial charge in [-0.3, -0.25) is 4.79 Å². The molecule has 0 aliphatic rings. The summed E-state index contributed by atoms with van der Waals surface area (Å²) in [6.45, 7) is 3.31. The fraction of sp³-hybridized carbons (Fsp3) is 0.273. The number of halogens is 3. The topological polar surface area (TPSA) is 65.7 Å². The molecule has 1 heterocycles. The summed E-state index contributed by atoms with van der Waals surface area (Å²) in [7, 11) is 1.23. The minimum absolute atomic E-state index is 0.0834. The number of benzene rings is 2. The third kappa shape index (κ3) is 4.32. The van der Waals surface area contributed by atoms with E-state index >= 15 is 0 Å². The van der Waals surface area contributed by atoms with Crippen molar-refractivity contribution in [2.24, 2.45) is 0 Å². The molecular formula is C22H19F3O5. The number of esters is 1. The number of hydrogen-bond donors (Lipinski definition) is 0. The van der Waals surface area contributed by atoms with E-state index in [-0.39, 0.29) is 18.6 Å². The Bertz CT molecular complexity index is 1160. The van der Waals surface area contributed by atoms with Crippen molar-refractivity contribution in [2.45, 2.75) is 33.1 Å². The van der Waals surface area contributed by atoms with Crippen molar-refractivity contribution in [3.8, 4) is 5.75 Å². The number of fused-ring (bicyclic) bond motifs is 1. The third-order valence-corrected chi connectivity index (χ3v) is 4.85. The van der Waals surface area contributed by atoms with Crippen molar-refractivity contribution in [1.29, 1.82) is 0 Å². The highest BCUT2D eigenvalue weighted by molar-refractivity contribution is 5.86. The minimum atomic E-state index is -4.43. The van der Waals surface area contributed by atoms with Crippen LogP contribution in [0.1, 0.15) is 27.8 Å². The molecule has 3 aromatic rings.